The Labute approximate surface area is 133 Å². The molecule has 0 amide bonds. The fourth-order valence-electron chi connectivity index (χ4n) is 6.38. The van der Waals surface area contributed by atoms with Crippen LogP contribution >= 0.6 is 0 Å². The van der Waals surface area contributed by atoms with Gasteiger partial charge in [0.1, 0.15) is 0 Å². The van der Waals surface area contributed by atoms with Crippen LogP contribution in [0.25, 0.3) is 0 Å². The van der Waals surface area contributed by atoms with Gasteiger partial charge in [0.15, 0.2) is 0 Å². The number of nitrogens with zero attached hydrogens (tertiary/aromatic N) is 1. The molecule has 122 valence electrons. The first kappa shape index (κ1) is 14.7. The Hall–Kier alpha value is -0.830. The molecular formula is C19H29NO2. The second-order valence-electron chi connectivity index (χ2n) is 8.54. The van der Waals surface area contributed by atoms with Crippen molar-refractivity contribution in [2.45, 2.75) is 57.8 Å². The Balaban J connectivity index is 1.58. The largest absolute Gasteiger partial charge is 0.478 e. The highest BCUT2D eigenvalue weighted by atomic mass is 16.4. The highest BCUT2D eigenvalue weighted by molar-refractivity contribution is 5.81. The first-order valence-corrected chi connectivity index (χ1v) is 9.29. The van der Waals surface area contributed by atoms with Crippen molar-refractivity contribution < 1.29 is 9.90 Å². The number of likely N-dealkylation sites (tertiary alicyclic amines) is 1. The molecule has 0 aromatic carbocycles. The lowest BCUT2D eigenvalue weighted by molar-refractivity contribution is -0.131. The number of hydrogen-bond donors (Lipinski definition) is 1. The fraction of sp³-hybridized carbons (Fsp3) is 0.842. The van der Waals surface area contributed by atoms with E-state index in [9.17, 15) is 9.90 Å². The van der Waals surface area contributed by atoms with E-state index >= 15 is 0 Å². The van der Waals surface area contributed by atoms with E-state index in [1.165, 1.54) is 63.4 Å². The van der Waals surface area contributed by atoms with Crippen molar-refractivity contribution in [1.82, 2.24) is 4.90 Å². The van der Waals surface area contributed by atoms with E-state index in [1.807, 2.05) is 0 Å². The van der Waals surface area contributed by atoms with Crippen LogP contribution in [0.15, 0.2) is 11.6 Å². The minimum Gasteiger partial charge on any atom is -0.478 e. The van der Waals surface area contributed by atoms with Crippen LogP contribution in [0, 0.1) is 23.2 Å². The summed E-state index contributed by atoms with van der Waals surface area (Å²) in [5.41, 5.74) is 1.51. The van der Waals surface area contributed by atoms with Crippen LogP contribution in [0.2, 0.25) is 0 Å². The summed E-state index contributed by atoms with van der Waals surface area (Å²) in [7, 11) is 0. The van der Waals surface area contributed by atoms with Gasteiger partial charge in [0.05, 0.1) is 0 Å². The van der Waals surface area contributed by atoms with E-state index < -0.39 is 5.97 Å². The number of carboxylic acids is 1. The Morgan fingerprint density at radius 2 is 1.55 bits per heavy atom. The fourth-order valence-corrected chi connectivity index (χ4v) is 6.38. The zero-order valence-electron chi connectivity index (χ0n) is 13.6. The number of aliphatic carboxylic acids is 1. The molecule has 22 heavy (non-hydrogen) atoms. The van der Waals surface area contributed by atoms with Gasteiger partial charge < -0.3 is 5.11 Å². The monoisotopic (exact) mass is 303 g/mol. The van der Waals surface area contributed by atoms with E-state index in [4.69, 9.17) is 0 Å². The van der Waals surface area contributed by atoms with Crippen molar-refractivity contribution in [3.63, 3.8) is 0 Å². The van der Waals surface area contributed by atoms with Crippen LogP contribution in [0.5, 0.6) is 0 Å². The summed E-state index contributed by atoms with van der Waals surface area (Å²) in [6, 6.07) is 0. The lowest BCUT2D eigenvalue weighted by atomic mass is 9.47. The Kier molecular flexibility index (Phi) is 3.80. The zero-order chi connectivity index (χ0) is 15.2. The smallest absolute Gasteiger partial charge is 0.328 e. The summed E-state index contributed by atoms with van der Waals surface area (Å²) >= 11 is 0. The lowest BCUT2D eigenvalue weighted by Gasteiger charge is -2.58. The van der Waals surface area contributed by atoms with Gasteiger partial charge in [-0.1, -0.05) is 6.42 Å². The predicted molar refractivity (Wildman–Crippen MR) is 86.6 cm³/mol. The molecule has 5 aliphatic rings. The van der Waals surface area contributed by atoms with Crippen molar-refractivity contribution in [1.29, 1.82) is 0 Å². The Morgan fingerprint density at radius 3 is 2.05 bits per heavy atom. The molecule has 4 saturated carbocycles. The molecule has 1 saturated heterocycles. The van der Waals surface area contributed by atoms with E-state index in [0.29, 0.717) is 0 Å². The topological polar surface area (TPSA) is 40.5 Å². The normalized spacial score (nSPS) is 41.8. The van der Waals surface area contributed by atoms with Crippen molar-refractivity contribution in [2.24, 2.45) is 23.2 Å². The maximum atomic E-state index is 11.4. The van der Waals surface area contributed by atoms with Crippen molar-refractivity contribution in [3.8, 4) is 0 Å². The average molecular weight is 303 g/mol. The molecule has 1 aliphatic heterocycles. The Bertz CT molecular complexity index is 441. The van der Waals surface area contributed by atoms with Crippen LogP contribution < -0.4 is 0 Å². The van der Waals surface area contributed by atoms with E-state index in [1.54, 1.807) is 6.08 Å². The minimum atomic E-state index is -0.734. The molecule has 1 N–H and O–H groups in total. The molecular weight excluding hydrogens is 274 g/mol. The van der Waals surface area contributed by atoms with E-state index in [2.05, 4.69) is 4.90 Å². The number of piperidine rings is 1. The number of carboxylic acid groups (broad SMARTS) is 1. The highest BCUT2D eigenvalue weighted by Crippen LogP contribution is 2.62. The van der Waals surface area contributed by atoms with E-state index in [0.717, 1.165) is 37.4 Å². The first-order valence-electron chi connectivity index (χ1n) is 9.29. The molecule has 1 heterocycles. The molecule has 0 spiro atoms. The molecule has 3 nitrogen and oxygen atoms in total. The summed E-state index contributed by atoms with van der Waals surface area (Å²) < 4.78 is 0. The van der Waals surface area contributed by atoms with Gasteiger partial charge in [-0.25, -0.2) is 4.79 Å². The summed E-state index contributed by atoms with van der Waals surface area (Å²) in [6.45, 7) is 3.23. The highest BCUT2D eigenvalue weighted by Gasteiger charge is 2.52. The van der Waals surface area contributed by atoms with Crippen LogP contribution in [0.4, 0.5) is 0 Å². The van der Waals surface area contributed by atoms with Crippen molar-refractivity contribution in [3.05, 3.63) is 11.6 Å². The predicted octanol–water partition coefficient (Wildman–Crippen LogP) is 3.70. The van der Waals surface area contributed by atoms with Gasteiger partial charge >= 0.3 is 5.97 Å². The zero-order valence-corrected chi connectivity index (χ0v) is 13.6. The van der Waals surface area contributed by atoms with Crippen molar-refractivity contribution >= 4 is 5.97 Å². The van der Waals surface area contributed by atoms with Crippen LogP contribution in [0.1, 0.15) is 57.8 Å². The van der Waals surface area contributed by atoms with Crippen LogP contribution in [0.3, 0.4) is 0 Å². The van der Waals surface area contributed by atoms with Gasteiger partial charge in [0, 0.05) is 12.6 Å². The minimum absolute atomic E-state index is 0.241. The summed E-state index contributed by atoms with van der Waals surface area (Å²) in [5, 5.41) is 9.42. The third-order valence-electron chi connectivity index (χ3n) is 6.86. The Morgan fingerprint density at radius 1 is 1.00 bits per heavy atom. The molecule has 5 fully saturated rings. The first-order chi connectivity index (χ1) is 10.6. The molecule has 4 aliphatic carbocycles. The van der Waals surface area contributed by atoms with Gasteiger partial charge in [-0.15, -0.1) is 0 Å². The molecule has 4 bridgehead atoms. The third kappa shape index (κ3) is 2.73. The third-order valence-corrected chi connectivity index (χ3v) is 6.86. The van der Waals surface area contributed by atoms with Crippen molar-refractivity contribution in [2.75, 3.05) is 19.6 Å². The standard InChI is InChI=1S/C19H29NO2/c21-18(22)9-17(13-20-4-2-1-3-5-20)19-10-14-6-15(11-19)8-16(7-14)12-19/h9,14-16H,1-8,10-13H2,(H,21,22)/b17-9-. The molecule has 3 heteroatoms. The van der Waals surface area contributed by atoms with Gasteiger partial charge in [-0.05, 0) is 93.2 Å². The number of carbonyl (C=O) groups is 1. The van der Waals surface area contributed by atoms with Gasteiger partial charge in [-0.2, -0.15) is 0 Å². The molecule has 0 atom stereocenters. The second kappa shape index (κ2) is 5.67. The maximum absolute atomic E-state index is 11.4. The molecule has 0 aromatic rings. The SMILES string of the molecule is O=C(O)/C=C(/CN1CCCCC1)C12CC3CC(CC(C3)C1)C2. The van der Waals surface area contributed by atoms with Gasteiger partial charge in [-0.3, -0.25) is 4.90 Å². The summed E-state index contributed by atoms with van der Waals surface area (Å²) in [6.07, 6.45) is 13.6. The maximum Gasteiger partial charge on any atom is 0.328 e. The van der Waals surface area contributed by atoms with Gasteiger partial charge in [0.2, 0.25) is 0 Å². The molecule has 0 unspecified atom stereocenters. The number of hydrogen-bond acceptors (Lipinski definition) is 2. The number of rotatable bonds is 4. The molecule has 0 radical (unpaired) electrons. The summed E-state index contributed by atoms with van der Waals surface area (Å²) in [5.74, 6) is 1.90. The average Bonchev–Trinajstić information content (AvgIpc) is 2.46. The quantitative estimate of drug-likeness (QED) is 0.805. The second-order valence-corrected chi connectivity index (χ2v) is 8.54. The molecule has 5 rings (SSSR count). The van der Waals surface area contributed by atoms with Crippen LogP contribution in [-0.2, 0) is 4.79 Å². The van der Waals surface area contributed by atoms with Gasteiger partial charge in [0.25, 0.3) is 0 Å². The molecule has 0 aromatic heterocycles. The lowest BCUT2D eigenvalue weighted by Crippen LogP contribution is -2.49. The van der Waals surface area contributed by atoms with E-state index in [-0.39, 0.29) is 5.41 Å². The summed E-state index contributed by atoms with van der Waals surface area (Å²) in [4.78, 5) is 14.0. The van der Waals surface area contributed by atoms with Crippen LogP contribution in [-0.4, -0.2) is 35.6 Å².